The Labute approximate surface area is 714 Å². The quantitative estimate of drug-likeness (QED) is 0.0284. The number of amides is 5. The number of hydrogen-bond donors (Lipinski definition) is 10. The summed E-state index contributed by atoms with van der Waals surface area (Å²) in [5, 5.41) is 64.7. The van der Waals surface area contributed by atoms with Crippen LogP contribution in [0.25, 0.3) is 55.2 Å². The molecule has 0 spiro atoms. The largest absolute Gasteiger partial charge is 0.392 e. The van der Waals surface area contributed by atoms with Gasteiger partial charge < -0.3 is 48.4 Å². The van der Waals surface area contributed by atoms with Crippen molar-refractivity contribution in [2.75, 3.05) is 26.6 Å². The zero-order valence-corrected chi connectivity index (χ0v) is 75.5. The van der Waals surface area contributed by atoms with Crippen LogP contribution in [-0.2, 0) is 36.2 Å². The number of imidazole rings is 5. The van der Waals surface area contributed by atoms with E-state index in [1.54, 1.807) is 27.7 Å². The molecule has 0 radical (unpaired) electrons. The molecule has 5 aliphatic carbocycles. The summed E-state index contributed by atoms with van der Waals surface area (Å²) >= 11 is 0. The fourth-order valence-corrected chi connectivity index (χ4v) is 15.5. The zero-order valence-electron chi connectivity index (χ0n) is 75.5. The summed E-state index contributed by atoms with van der Waals surface area (Å²) in [6.07, 6.45) is 17.6. The lowest BCUT2D eigenvalue weighted by Crippen LogP contribution is -2.27. The number of fused-ring (bicyclic) bond motifs is 5. The van der Waals surface area contributed by atoms with Gasteiger partial charge in [-0.1, -0.05) is 141 Å². The molecule has 5 saturated carbocycles. The van der Waals surface area contributed by atoms with Crippen LogP contribution in [0.15, 0.2) is 91.0 Å². The molecule has 5 atom stereocenters. The maximum absolute atomic E-state index is 12.5. The molecule has 15 rings (SSSR count). The van der Waals surface area contributed by atoms with Crippen LogP contribution >= 0.6 is 0 Å². The first-order valence-electron chi connectivity index (χ1n) is 44.4. The SMILES string of the molecule is CC(C)(C)CC(=O)Nc1nc2ccc(C(C)(C)O)cc2n1C1CCC1.CC(C)[C@H](C)C(=O)Nc1nc2ccc(CO)cc2n1C1CCC1.CC(O)c1ccc2nc(NC(=O)CC(C)(C)C)n(C3CCC3)c2c1.CC(O)c1ccc2nc(NC(=O)[C@@H](C)C(C)C)n(C3CCC3)c2c1.CCC(O)c1ccc2nc(NC(=O)CC(C)(C)C)n(C3CCC3)c2c1. The van der Waals surface area contributed by atoms with Gasteiger partial charge in [-0.3, -0.25) is 50.6 Å². The molecular formula is C96H137N15O10. The first-order valence-corrected chi connectivity index (χ1v) is 44.4. The zero-order chi connectivity index (χ0) is 88.1. The second kappa shape index (κ2) is 38.6. The predicted molar refractivity (Wildman–Crippen MR) is 484 cm³/mol. The molecule has 5 aromatic heterocycles. The van der Waals surface area contributed by atoms with Crippen molar-refractivity contribution in [1.82, 2.24) is 47.8 Å². The molecule has 5 heterocycles. The summed E-state index contributed by atoms with van der Waals surface area (Å²) in [7, 11) is 0. The van der Waals surface area contributed by atoms with Gasteiger partial charge in [0.1, 0.15) is 0 Å². The predicted octanol–water partition coefficient (Wildman–Crippen LogP) is 20.7. The van der Waals surface area contributed by atoms with Crippen LogP contribution < -0.4 is 26.6 Å². The van der Waals surface area contributed by atoms with Gasteiger partial charge in [-0.25, -0.2) is 24.9 Å². The molecular weight excluding hydrogens is 1520 g/mol. The third kappa shape index (κ3) is 22.9. The highest BCUT2D eigenvalue weighted by Crippen LogP contribution is 2.44. The Balaban J connectivity index is 0.000000148. The van der Waals surface area contributed by atoms with Crippen molar-refractivity contribution in [3.05, 3.63) is 119 Å². The number of carbonyl (C=O) groups excluding carboxylic acids is 5. The molecule has 5 aliphatic rings. The topological polar surface area (TPSA) is 336 Å². The van der Waals surface area contributed by atoms with Crippen LogP contribution in [0.2, 0.25) is 0 Å². The number of aliphatic hydroxyl groups is 5. The fraction of sp³-hybridized carbons (Fsp3) is 0.583. The second-order valence-electron chi connectivity index (χ2n) is 39.6. The Morgan fingerprint density at radius 1 is 0.380 bits per heavy atom. The standard InChI is InChI=1S/2C20H29N3O2.2C19H27N3O2.C18H25N3O2/c1-19(2,3)12-17(24)22-18-21-15-10-9-13(20(4,5)25)11-16(15)23(18)14-7-6-8-14;1-5-17(24)13-9-10-15-16(11-13)23(14-7-6-8-14)19(21-15)22-18(25)12-20(2,3)4;1-12(23)13-8-9-15-16(10-13)22(14-6-5-7-14)18(20-15)21-17(24)11-19(2,3)4;1-11(2)12(3)18(24)21-19-20-16-9-8-14(13(4)23)10-17(16)22(19)15-6-5-7-15;1-11(2)12(3)17(23)20-18-19-15-8-7-13(10-22)9-16(15)21(18)14-5-4-6-14/h9-11,14,25H,6-8,12H2,1-5H3,(H,21,22,24);9-11,14,17,24H,5-8,12H2,1-4H3,(H,21,22,25);8-10,12,14,23H,5-7,11H2,1-4H3,(H,20,21,24);8-13,15,23H,5-7H2,1-4H3,(H,20,21,24);7-9,11-12,14,22H,4-6,10H2,1-3H3,(H,19,20,23)/t;;;12-,13?;12-/m...00/s1. The summed E-state index contributed by atoms with van der Waals surface area (Å²) in [5.41, 5.74) is 12.5. The summed E-state index contributed by atoms with van der Waals surface area (Å²) in [4.78, 5) is 85.3. The monoisotopic (exact) mass is 1660 g/mol. The minimum atomic E-state index is -0.904. The van der Waals surface area contributed by atoms with E-state index in [1.807, 2.05) is 139 Å². The molecule has 0 bridgehead atoms. The molecule has 10 aromatic rings. The van der Waals surface area contributed by atoms with Crippen molar-refractivity contribution in [2.45, 2.75) is 321 Å². The van der Waals surface area contributed by atoms with Crippen LogP contribution in [0.3, 0.4) is 0 Å². The first-order chi connectivity index (χ1) is 57.0. The lowest BCUT2D eigenvalue weighted by Gasteiger charge is -2.29. The smallest absolute Gasteiger partial charge is 0.229 e. The molecule has 5 aromatic carbocycles. The molecule has 3 unspecified atom stereocenters. The van der Waals surface area contributed by atoms with Crippen LogP contribution in [0.1, 0.15) is 337 Å². The number of nitrogens with one attached hydrogen (secondary N) is 5. The normalized spacial score (nSPS) is 16.8. The minimum Gasteiger partial charge on any atom is -0.392 e. The van der Waals surface area contributed by atoms with Gasteiger partial charge in [0.2, 0.25) is 59.3 Å². The van der Waals surface area contributed by atoms with E-state index in [0.717, 1.165) is 147 Å². The molecule has 656 valence electrons. The molecule has 5 fully saturated rings. The van der Waals surface area contributed by atoms with E-state index in [0.29, 0.717) is 85.6 Å². The van der Waals surface area contributed by atoms with Crippen molar-refractivity contribution in [3.8, 4) is 0 Å². The molecule has 121 heavy (non-hydrogen) atoms. The number of aliphatic hydroxyl groups excluding tert-OH is 4. The van der Waals surface area contributed by atoms with E-state index in [4.69, 9.17) is 0 Å². The van der Waals surface area contributed by atoms with Gasteiger partial charge in [0.25, 0.3) is 0 Å². The maximum Gasteiger partial charge on any atom is 0.229 e. The van der Waals surface area contributed by atoms with Crippen LogP contribution in [0, 0.1) is 39.9 Å². The molecule has 25 heteroatoms. The average molecular weight is 1660 g/mol. The lowest BCUT2D eigenvalue weighted by molar-refractivity contribution is -0.121. The highest BCUT2D eigenvalue weighted by molar-refractivity contribution is 5.96. The molecule has 0 saturated heterocycles. The Morgan fingerprint density at radius 2 is 0.645 bits per heavy atom. The first kappa shape index (κ1) is 92.3. The molecule has 25 nitrogen and oxygen atoms in total. The van der Waals surface area contributed by atoms with E-state index < -0.39 is 23.9 Å². The van der Waals surface area contributed by atoms with Crippen molar-refractivity contribution >= 4 is 114 Å². The van der Waals surface area contributed by atoms with Crippen LogP contribution in [-0.4, -0.2) is 103 Å². The third-order valence-electron chi connectivity index (χ3n) is 24.5. The van der Waals surface area contributed by atoms with Crippen molar-refractivity contribution in [1.29, 1.82) is 0 Å². The average Bonchev–Trinajstić information content (AvgIpc) is 1.64. The minimum absolute atomic E-state index is 0.00260. The number of aromatic nitrogens is 10. The van der Waals surface area contributed by atoms with Gasteiger partial charge in [-0.2, -0.15) is 0 Å². The van der Waals surface area contributed by atoms with Crippen LogP contribution in [0.5, 0.6) is 0 Å². The van der Waals surface area contributed by atoms with Gasteiger partial charge in [-0.15, -0.1) is 0 Å². The van der Waals surface area contributed by atoms with Crippen molar-refractivity contribution < 1.29 is 49.5 Å². The summed E-state index contributed by atoms with van der Waals surface area (Å²) < 4.78 is 10.7. The van der Waals surface area contributed by atoms with E-state index in [9.17, 15) is 49.5 Å². The van der Waals surface area contributed by atoms with Crippen molar-refractivity contribution in [2.24, 2.45) is 39.9 Å². The number of hydrogen-bond acceptors (Lipinski definition) is 15. The summed E-state index contributed by atoms with van der Waals surface area (Å²) in [6, 6.07) is 31.0. The number of rotatable bonds is 23. The highest BCUT2D eigenvalue weighted by atomic mass is 16.3. The van der Waals surface area contributed by atoms with E-state index in [2.05, 4.69) is 137 Å². The van der Waals surface area contributed by atoms with E-state index in [-0.39, 0.29) is 76.1 Å². The van der Waals surface area contributed by atoms with Gasteiger partial charge in [0.15, 0.2) is 0 Å². The van der Waals surface area contributed by atoms with Crippen molar-refractivity contribution in [3.63, 3.8) is 0 Å². The van der Waals surface area contributed by atoms with Gasteiger partial charge in [-0.05, 0) is 247 Å². The Kier molecular flexibility index (Phi) is 29.4. The third-order valence-corrected chi connectivity index (χ3v) is 24.5. The maximum atomic E-state index is 12.5. The number of carbonyl (C=O) groups is 5. The molecule has 5 amide bonds. The fourth-order valence-electron chi connectivity index (χ4n) is 15.5. The van der Waals surface area contributed by atoms with Gasteiger partial charge in [0.05, 0.1) is 85.7 Å². The highest BCUT2D eigenvalue weighted by Gasteiger charge is 2.34. The number of nitrogens with zero attached hydrogens (tertiary/aromatic N) is 10. The second-order valence-corrected chi connectivity index (χ2v) is 39.6. The summed E-state index contributed by atoms with van der Waals surface area (Å²) in [6.45, 7) is 39.6. The number of benzene rings is 5. The molecule has 10 N–H and O–H groups in total. The summed E-state index contributed by atoms with van der Waals surface area (Å²) in [5.74, 6) is 3.63. The van der Waals surface area contributed by atoms with Gasteiger partial charge in [0, 0.05) is 61.3 Å². The van der Waals surface area contributed by atoms with E-state index in [1.165, 1.54) is 32.1 Å². The number of anilines is 5. The lowest BCUT2D eigenvalue weighted by atomic mass is 9.92. The van der Waals surface area contributed by atoms with E-state index >= 15 is 0 Å². The Morgan fingerprint density at radius 3 is 0.901 bits per heavy atom. The Bertz CT molecular complexity index is 5280. The van der Waals surface area contributed by atoms with Crippen LogP contribution in [0.4, 0.5) is 29.7 Å². The Hall–Kier alpha value is -9.40. The molecule has 0 aliphatic heterocycles. The van der Waals surface area contributed by atoms with Gasteiger partial charge >= 0.3 is 0 Å².